The number of carbonyl (C=O) groups excluding carboxylic acids is 1. The van der Waals surface area contributed by atoms with Gasteiger partial charge in [0, 0.05) is 25.0 Å². The van der Waals surface area contributed by atoms with Crippen LogP contribution >= 0.6 is 0 Å². The number of nitrogens with zero attached hydrogens (tertiary/aromatic N) is 3. The highest BCUT2D eigenvalue weighted by atomic mass is 16.2. The predicted octanol–water partition coefficient (Wildman–Crippen LogP) is 2.45. The summed E-state index contributed by atoms with van der Waals surface area (Å²) in [5.41, 5.74) is 5.02. The van der Waals surface area contributed by atoms with E-state index in [1.165, 1.54) is 18.5 Å². The molecule has 5 heteroatoms. The Morgan fingerprint density at radius 1 is 1.14 bits per heavy atom. The van der Waals surface area contributed by atoms with Crippen molar-refractivity contribution in [1.82, 2.24) is 10.4 Å². The molecule has 3 rings (SSSR count). The molecule has 0 aliphatic carbocycles. The molecule has 0 atom stereocenters. The maximum absolute atomic E-state index is 11.8. The van der Waals surface area contributed by atoms with Crippen molar-refractivity contribution in [1.29, 1.82) is 0 Å². The molecule has 0 spiro atoms. The maximum atomic E-state index is 11.8. The standard InChI is InChI=1S/C17H18N4O/c22-17(16-5-1-2-10-18-16)20-19-13-14-6-8-15(9-7-14)21-11-3-4-12-21/h1-2,5-10,13H,3-4,11-12H2,(H,20,22)/b19-13+. The number of hydrogen-bond donors (Lipinski definition) is 1. The first-order valence-electron chi connectivity index (χ1n) is 7.42. The molecule has 1 aliphatic heterocycles. The molecule has 5 nitrogen and oxygen atoms in total. The van der Waals surface area contributed by atoms with Gasteiger partial charge in [0.15, 0.2) is 0 Å². The molecule has 1 fully saturated rings. The minimum absolute atomic E-state index is 0.314. The number of nitrogens with one attached hydrogen (secondary N) is 1. The van der Waals surface area contributed by atoms with E-state index in [0.717, 1.165) is 18.7 Å². The number of hydrogen-bond acceptors (Lipinski definition) is 4. The van der Waals surface area contributed by atoms with Gasteiger partial charge in [0.2, 0.25) is 0 Å². The molecule has 1 saturated heterocycles. The number of hydrazone groups is 1. The number of rotatable bonds is 4. The van der Waals surface area contributed by atoms with Gasteiger partial charge in [-0.2, -0.15) is 5.10 Å². The van der Waals surface area contributed by atoms with E-state index in [1.54, 1.807) is 30.6 Å². The summed E-state index contributed by atoms with van der Waals surface area (Å²) >= 11 is 0. The minimum Gasteiger partial charge on any atom is -0.372 e. The Morgan fingerprint density at radius 3 is 2.59 bits per heavy atom. The van der Waals surface area contributed by atoms with Crippen LogP contribution in [0.2, 0.25) is 0 Å². The summed E-state index contributed by atoms with van der Waals surface area (Å²) < 4.78 is 0. The van der Waals surface area contributed by atoms with E-state index in [9.17, 15) is 4.79 Å². The molecule has 1 aliphatic rings. The van der Waals surface area contributed by atoms with Gasteiger partial charge in [-0.3, -0.25) is 9.78 Å². The Morgan fingerprint density at radius 2 is 1.91 bits per heavy atom. The third-order valence-corrected chi connectivity index (χ3v) is 3.64. The van der Waals surface area contributed by atoms with Crippen LogP contribution in [0.25, 0.3) is 0 Å². The summed E-state index contributed by atoms with van der Waals surface area (Å²) in [7, 11) is 0. The molecule has 22 heavy (non-hydrogen) atoms. The summed E-state index contributed by atoms with van der Waals surface area (Å²) in [6, 6.07) is 13.4. The largest absolute Gasteiger partial charge is 0.372 e. The van der Waals surface area contributed by atoms with E-state index in [-0.39, 0.29) is 5.91 Å². The van der Waals surface area contributed by atoms with Crippen molar-refractivity contribution >= 4 is 17.8 Å². The average Bonchev–Trinajstić information content (AvgIpc) is 3.11. The fourth-order valence-corrected chi connectivity index (χ4v) is 2.47. The van der Waals surface area contributed by atoms with Gasteiger partial charge < -0.3 is 4.90 Å². The molecule has 1 aromatic heterocycles. The number of amides is 1. The van der Waals surface area contributed by atoms with Gasteiger partial charge in [-0.15, -0.1) is 0 Å². The summed E-state index contributed by atoms with van der Waals surface area (Å²) in [5.74, 6) is -0.314. The maximum Gasteiger partial charge on any atom is 0.289 e. The highest BCUT2D eigenvalue weighted by Gasteiger charge is 2.11. The molecule has 0 bridgehead atoms. The number of carbonyl (C=O) groups is 1. The second-order valence-corrected chi connectivity index (χ2v) is 5.20. The van der Waals surface area contributed by atoms with Crippen LogP contribution in [0.3, 0.4) is 0 Å². The lowest BCUT2D eigenvalue weighted by molar-refractivity contribution is 0.0950. The van der Waals surface area contributed by atoms with Crippen molar-refractivity contribution in [2.24, 2.45) is 5.10 Å². The first-order chi connectivity index (χ1) is 10.8. The van der Waals surface area contributed by atoms with E-state index >= 15 is 0 Å². The highest BCUT2D eigenvalue weighted by Crippen LogP contribution is 2.19. The van der Waals surface area contributed by atoms with Crippen LogP contribution in [-0.4, -0.2) is 30.2 Å². The first-order valence-corrected chi connectivity index (χ1v) is 7.42. The topological polar surface area (TPSA) is 57.6 Å². The molecule has 1 N–H and O–H groups in total. The van der Waals surface area contributed by atoms with Crippen LogP contribution in [-0.2, 0) is 0 Å². The molecule has 0 saturated carbocycles. The lowest BCUT2D eigenvalue weighted by Crippen LogP contribution is -2.18. The molecule has 0 unspecified atom stereocenters. The third-order valence-electron chi connectivity index (χ3n) is 3.64. The zero-order chi connectivity index (χ0) is 15.2. The van der Waals surface area contributed by atoms with E-state index in [0.29, 0.717) is 5.69 Å². The van der Waals surface area contributed by atoms with E-state index < -0.39 is 0 Å². The Labute approximate surface area is 129 Å². The fourth-order valence-electron chi connectivity index (χ4n) is 2.47. The molecule has 0 radical (unpaired) electrons. The summed E-state index contributed by atoms with van der Waals surface area (Å²) in [5, 5.41) is 3.97. The number of benzene rings is 1. The average molecular weight is 294 g/mol. The van der Waals surface area contributed by atoms with Gasteiger partial charge in [0.05, 0.1) is 6.21 Å². The SMILES string of the molecule is O=C(N/N=C/c1ccc(N2CCCC2)cc1)c1ccccn1. The number of aromatic nitrogens is 1. The van der Waals surface area contributed by atoms with Crippen LogP contribution in [0.5, 0.6) is 0 Å². The normalized spacial score (nSPS) is 14.5. The second-order valence-electron chi connectivity index (χ2n) is 5.20. The Hall–Kier alpha value is -2.69. The van der Waals surface area contributed by atoms with Gasteiger partial charge in [-0.1, -0.05) is 18.2 Å². The van der Waals surface area contributed by atoms with Gasteiger partial charge in [0.1, 0.15) is 5.69 Å². The van der Waals surface area contributed by atoms with Gasteiger partial charge in [0.25, 0.3) is 5.91 Å². The number of anilines is 1. The van der Waals surface area contributed by atoms with Gasteiger partial charge >= 0.3 is 0 Å². The minimum atomic E-state index is -0.314. The molecule has 2 aromatic rings. The zero-order valence-corrected chi connectivity index (χ0v) is 12.3. The second kappa shape index (κ2) is 6.85. The Kier molecular flexibility index (Phi) is 4.44. The third kappa shape index (κ3) is 3.49. The predicted molar refractivity (Wildman–Crippen MR) is 87.2 cm³/mol. The molecule has 112 valence electrons. The van der Waals surface area contributed by atoms with Crippen LogP contribution in [0.4, 0.5) is 5.69 Å². The van der Waals surface area contributed by atoms with Crippen molar-refractivity contribution in [3.8, 4) is 0 Å². The van der Waals surface area contributed by atoms with E-state index in [4.69, 9.17) is 0 Å². The zero-order valence-electron chi connectivity index (χ0n) is 12.3. The lowest BCUT2D eigenvalue weighted by atomic mass is 10.2. The van der Waals surface area contributed by atoms with Crippen LogP contribution < -0.4 is 10.3 Å². The quantitative estimate of drug-likeness (QED) is 0.696. The van der Waals surface area contributed by atoms with Gasteiger partial charge in [-0.05, 0) is 42.7 Å². The van der Waals surface area contributed by atoms with Gasteiger partial charge in [-0.25, -0.2) is 5.43 Å². The lowest BCUT2D eigenvalue weighted by Gasteiger charge is -2.17. The summed E-state index contributed by atoms with van der Waals surface area (Å²) in [6.45, 7) is 2.27. The monoisotopic (exact) mass is 294 g/mol. The smallest absolute Gasteiger partial charge is 0.289 e. The van der Waals surface area contributed by atoms with Crippen molar-refractivity contribution in [2.75, 3.05) is 18.0 Å². The first kappa shape index (κ1) is 14.3. The highest BCUT2D eigenvalue weighted by molar-refractivity contribution is 5.93. The summed E-state index contributed by atoms with van der Waals surface area (Å²) in [4.78, 5) is 18.1. The van der Waals surface area contributed by atoms with E-state index in [1.807, 2.05) is 12.1 Å². The Balaban J connectivity index is 1.57. The summed E-state index contributed by atoms with van der Waals surface area (Å²) in [6.07, 6.45) is 5.75. The molecule has 1 amide bonds. The van der Waals surface area contributed by atoms with E-state index in [2.05, 4.69) is 32.5 Å². The molecule has 1 aromatic carbocycles. The Bertz CT molecular complexity index is 646. The van der Waals surface area contributed by atoms with Crippen LogP contribution in [0.15, 0.2) is 53.8 Å². The van der Waals surface area contributed by atoms with Crippen molar-refractivity contribution in [3.63, 3.8) is 0 Å². The molecular formula is C17H18N4O. The fraction of sp³-hybridized carbons (Fsp3) is 0.235. The number of pyridine rings is 1. The van der Waals surface area contributed by atoms with Crippen molar-refractivity contribution in [3.05, 3.63) is 59.9 Å². The van der Waals surface area contributed by atoms with Crippen molar-refractivity contribution in [2.45, 2.75) is 12.8 Å². The van der Waals surface area contributed by atoms with Crippen molar-refractivity contribution < 1.29 is 4.79 Å². The van der Waals surface area contributed by atoms with Crippen LogP contribution in [0.1, 0.15) is 28.9 Å². The van der Waals surface area contributed by atoms with Crippen LogP contribution in [0, 0.1) is 0 Å². The molecular weight excluding hydrogens is 276 g/mol. The molecule has 2 heterocycles.